The summed E-state index contributed by atoms with van der Waals surface area (Å²) in [5.41, 5.74) is 1.17. The predicted octanol–water partition coefficient (Wildman–Crippen LogP) is 4.20. The van der Waals surface area contributed by atoms with Crippen LogP contribution >= 0.6 is 0 Å². The average molecular weight is 331 g/mol. The van der Waals surface area contributed by atoms with Crippen LogP contribution in [0.3, 0.4) is 0 Å². The lowest BCUT2D eigenvalue weighted by Crippen LogP contribution is -2.04. The molecule has 0 radical (unpaired) electrons. The number of nitrogens with one attached hydrogen (secondary N) is 1. The minimum Gasteiger partial charge on any atom is -0.487 e. The maximum atomic E-state index is 13.7. The smallest absolute Gasteiger partial charge is 0.354 e. The molecule has 0 saturated heterocycles. The van der Waals surface area contributed by atoms with Crippen LogP contribution in [0, 0.1) is 11.6 Å². The number of benzene rings is 2. The number of carbonyl (C=O) groups excluding carboxylic acids is 1. The van der Waals surface area contributed by atoms with Crippen LogP contribution in [-0.2, 0) is 11.3 Å². The molecular weight excluding hydrogens is 316 g/mol. The Balaban J connectivity index is 1.85. The van der Waals surface area contributed by atoms with E-state index in [1.54, 1.807) is 25.1 Å². The highest BCUT2D eigenvalue weighted by Gasteiger charge is 2.13. The summed E-state index contributed by atoms with van der Waals surface area (Å²) in [7, 11) is 0. The Hall–Kier alpha value is -2.89. The van der Waals surface area contributed by atoms with Crippen molar-refractivity contribution in [2.75, 3.05) is 6.61 Å². The Kier molecular flexibility index (Phi) is 4.46. The van der Waals surface area contributed by atoms with Crippen LogP contribution in [-0.4, -0.2) is 17.6 Å². The summed E-state index contributed by atoms with van der Waals surface area (Å²) in [6.45, 7) is 1.95. The van der Waals surface area contributed by atoms with Crippen molar-refractivity contribution >= 4 is 16.9 Å². The normalized spacial score (nSPS) is 10.8. The average Bonchev–Trinajstić information content (AvgIpc) is 2.99. The van der Waals surface area contributed by atoms with Crippen molar-refractivity contribution in [2.24, 2.45) is 0 Å². The van der Waals surface area contributed by atoms with E-state index in [4.69, 9.17) is 9.47 Å². The zero-order chi connectivity index (χ0) is 17.1. The van der Waals surface area contributed by atoms with Crippen LogP contribution in [0.25, 0.3) is 10.9 Å². The Labute approximate surface area is 137 Å². The van der Waals surface area contributed by atoms with Crippen LogP contribution in [0.2, 0.25) is 0 Å². The number of hydrogen-bond acceptors (Lipinski definition) is 3. The van der Waals surface area contributed by atoms with E-state index in [1.165, 1.54) is 12.1 Å². The summed E-state index contributed by atoms with van der Waals surface area (Å²) in [5.74, 6) is -1.29. The number of para-hydroxylation sites is 1. The zero-order valence-electron chi connectivity index (χ0n) is 12.9. The molecule has 0 bridgehead atoms. The van der Waals surface area contributed by atoms with Gasteiger partial charge in [0, 0.05) is 17.0 Å². The third-order valence-corrected chi connectivity index (χ3v) is 3.51. The molecule has 3 aromatic rings. The number of carbonyl (C=O) groups is 1. The molecule has 2 aromatic carbocycles. The van der Waals surface area contributed by atoms with Gasteiger partial charge >= 0.3 is 5.97 Å². The molecule has 0 aliphatic rings. The standard InChI is InChI=1S/C18H15F2NO3/c1-2-23-18(22)15-8-11-4-3-5-16(17(11)21-15)24-10-12-6-7-13(19)9-14(12)20/h3-9,21H,2,10H2,1H3. The molecule has 0 unspecified atom stereocenters. The van der Waals surface area contributed by atoms with Gasteiger partial charge in [-0.15, -0.1) is 0 Å². The molecule has 1 heterocycles. The van der Waals surface area contributed by atoms with Crippen LogP contribution in [0.15, 0.2) is 42.5 Å². The van der Waals surface area contributed by atoms with Gasteiger partial charge < -0.3 is 14.5 Å². The van der Waals surface area contributed by atoms with Gasteiger partial charge in [-0.25, -0.2) is 13.6 Å². The zero-order valence-corrected chi connectivity index (χ0v) is 12.9. The number of rotatable bonds is 5. The Morgan fingerprint density at radius 3 is 2.75 bits per heavy atom. The molecule has 0 amide bonds. The van der Waals surface area contributed by atoms with E-state index >= 15 is 0 Å². The van der Waals surface area contributed by atoms with Crippen molar-refractivity contribution in [1.82, 2.24) is 4.98 Å². The van der Waals surface area contributed by atoms with E-state index < -0.39 is 17.6 Å². The fraction of sp³-hybridized carbons (Fsp3) is 0.167. The fourth-order valence-electron chi connectivity index (χ4n) is 2.36. The second kappa shape index (κ2) is 6.70. The van der Waals surface area contributed by atoms with E-state index in [1.807, 2.05) is 6.07 Å². The van der Waals surface area contributed by atoms with Gasteiger partial charge in [0.05, 0.1) is 12.1 Å². The van der Waals surface area contributed by atoms with Crippen molar-refractivity contribution in [3.05, 3.63) is 65.4 Å². The highest BCUT2D eigenvalue weighted by Crippen LogP contribution is 2.27. The lowest BCUT2D eigenvalue weighted by atomic mass is 10.2. The second-order valence-electron chi connectivity index (χ2n) is 5.15. The first-order valence-corrected chi connectivity index (χ1v) is 7.44. The van der Waals surface area contributed by atoms with E-state index in [2.05, 4.69) is 4.98 Å². The van der Waals surface area contributed by atoms with Gasteiger partial charge in [-0.2, -0.15) is 0 Å². The Morgan fingerprint density at radius 1 is 1.17 bits per heavy atom. The molecule has 0 atom stereocenters. The molecule has 0 fully saturated rings. The van der Waals surface area contributed by atoms with E-state index in [0.717, 1.165) is 11.5 Å². The maximum absolute atomic E-state index is 13.7. The van der Waals surface area contributed by atoms with Gasteiger partial charge in [0.2, 0.25) is 0 Å². The second-order valence-corrected chi connectivity index (χ2v) is 5.15. The van der Waals surface area contributed by atoms with Crippen LogP contribution < -0.4 is 4.74 Å². The van der Waals surface area contributed by atoms with Gasteiger partial charge in [0.15, 0.2) is 0 Å². The van der Waals surface area contributed by atoms with Gasteiger partial charge in [-0.05, 0) is 31.2 Å². The first-order valence-electron chi connectivity index (χ1n) is 7.44. The number of esters is 1. The van der Waals surface area contributed by atoms with Crippen molar-refractivity contribution in [1.29, 1.82) is 0 Å². The van der Waals surface area contributed by atoms with Gasteiger partial charge in [0.25, 0.3) is 0 Å². The Morgan fingerprint density at radius 2 is 2.00 bits per heavy atom. The van der Waals surface area contributed by atoms with Gasteiger partial charge in [-0.3, -0.25) is 0 Å². The van der Waals surface area contributed by atoms with E-state index in [9.17, 15) is 13.6 Å². The fourth-order valence-corrected chi connectivity index (χ4v) is 2.36. The van der Waals surface area contributed by atoms with E-state index in [0.29, 0.717) is 17.0 Å². The van der Waals surface area contributed by atoms with Gasteiger partial charge in [0.1, 0.15) is 29.7 Å². The molecule has 4 nitrogen and oxygen atoms in total. The van der Waals surface area contributed by atoms with Crippen molar-refractivity contribution in [2.45, 2.75) is 13.5 Å². The number of halogens is 2. The molecule has 6 heteroatoms. The summed E-state index contributed by atoms with van der Waals surface area (Å²) >= 11 is 0. The minimum atomic E-state index is -0.666. The third kappa shape index (κ3) is 3.22. The molecule has 3 rings (SSSR count). The first kappa shape index (κ1) is 16.0. The number of H-pyrrole nitrogens is 1. The molecule has 24 heavy (non-hydrogen) atoms. The van der Waals surface area contributed by atoms with Crippen molar-refractivity contribution < 1.29 is 23.0 Å². The molecule has 0 saturated carbocycles. The lowest BCUT2D eigenvalue weighted by Gasteiger charge is -2.08. The summed E-state index contributed by atoms with van der Waals surface area (Å²) in [6.07, 6.45) is 0. The number of aromatic amines is 1. The third-order valence-electron chi connectivity index (χ3n) is 3.51. The van der Waals surface area contributed by atoms with Gasteiger partial charge in [-0.1, -0.05) is 12.1 Å². The monoisotopic (exact) mass is 331 g/mol. The predicted molar refractivity (Wildman–Crippen MR) is 84.9 cm³/mol. The highest BCUT2D eigenvalue weighted by molar-refractivity contribution is 5.96. The number of ether oxygens (including phenoxy) is 2. The SMILES string of the molecule is CCOC(=O)c1cc2cccc(OCc3ccc(F)cc3F)c2[nH]1. The minimum absolute atomic E-state index is 0.0566. The first-order chi connectivity index (χ1) is 11.6. The molecule has 1 aromatic heterocycles. The summed E-state index contributed by atoms with van der Waals surface area (Å²) < 4.78 is 37.2. The summed E-state index contributed by atoms with van der Waals surface area (Å²) in [4.78, 5) is 14.8. The molecule has 1 N–H and O–H groups in total. The number of hydrogen-bond donors (Lipinski definition) is 1. The molecule has 124 valence electrons. The summed E-state index contributed by atoms with van der Waals surface area (Å²) in [6, 6.07) is 10.3. The van der Waals surface area contributed by atoms with Crippen LogP contribution in [0.4, 0.5) is 8.78 Å². The van der Waals surface area contributed by atoms with E-state index in [-0.39, 0.29) is 18.8 Å². The molecule has 0 aliphatic carbocycles. The quantitative estimate of drug-likeness (QED) is 0.713. The van der Waals surface area contributed by atoms with Crippen molar-refractivity contribution in [3.8, 4) is 5.75 Å². The number of aromatic nitrogens is 1. The topological polar surface area (TPSA) is 51.3 Å². The number of fused-ring (bicyclic) bond motifs is 1. The molecule has 0 aliphatic heterocycles. The van der Waals surface area contributed by atoms with Crippen LogP contribution in [0.5, 0.6) is 5.75 Å². The van der Waals surface area contributed by atoms with Crippen molar-refractivity contribution in [3.63, 3.8) is 0 Å². The Bertz CT molecular complexity index is 889. The molecular formula is C18H15F2NO3. The lowest BCUT2D eigenvalue weighted by molar-refractivity contribution is 0.0520. The molecule has 0 spiro atoms. The maximum Gasteiger partial charge on any atom is 0.354 e. The summed E-state index contributed by atoms with van der Waals surface area (Å²) in [5, 5.41) is 0.773. The largest absolute Gasteiger partial charge is 0.487 e. The van der Waals surface area contributed by atoms with Crippen LogP contribution in [0.1, 0.15) is 23.0 Å². The highest BCUT2D eigenvalue weighted by atomic mass is 19.1.